The van der Waals surface area contributed by atoms with Gasteiger partial charge in [-0.15, -0.1) is 0 Å². The first-order chi connectivity index (χ1) is 12.8. The van der Waals surface area contributed by atoms with E-state index in [0.29, 0.717) is 5.69 Å². The SMILES string of the molecule is COC(=O)[C@H](CO)NC(=O)c1cccc(S(=O)(=O)Nc2cccc(C)c2)c1. The second kappa shape index (κ2) is 8.65. The largest absolute Gasteiger partial charge is 0.467 e. The normalized spacial score (nSPS) is 12.1. The fourth-order valence-electron chi connectivity index (χ4n) is 2.29. The van der Waals surface area contributed by atoms with Crippen molar-refractivity contribution in [3.8, 4) is 0 Å². The van der Waals surface area contributed by atoms with E-state index in [1.165, 1.54) is 24.3 Å². The molecule has 0 aliphatic heterocycles. The highest BCUT2D eigenvalue weighted by Crippen LogP contribution is 2.18. The van der Waals surface area contributed by atoms with Crippen molar-refractivity contribution in [1.82, 2.24) is 5.32 Å². The minimum atomic E-state index is -3.91. The number of benzene rings is 2. The van der Waals surface area contributed by atoms with Crippen molar-refractivity contribution in [2.75, 3.05) is 18.4 Å². The summed E-state index contributed by atoms with van der Waals surface area (Å²) in [5.74, 6) is -1.53. The number of rotatable bonds is 7. The van der Waals surface area contributed by atoms with Gasteiger partial charge in [0.2, 0.25) is 0 Å². The van der Waals surface area contributed by atoms with Crippen LogP contribution in [0.4, 0.5) is 5.69 Å². The molecule has 2 aromatic rings. The van der Waals surface area contributed by atoms with Gasteiger partial charge in [0, 0.05) is 11.3 Å². The number of carbonyl (C=O) groups excluding carboxylic acids is 2. The Bertz CT molecular complexity index is 942. The Morgan fingerprint density at radius 3 is 2.48 bits per heavy atom. The molecule has 1 amide bonds. The number of aliphatic hydroxyl groups excluding tert-OH is 1. The van der Waals surface area contributed by atoms with Gasteiger partial charge in [0.1, 0.15) is 0 Å². The van der Waals surface area contributed by atoms with Gasteiger partial charge in [0.25, 0.3) is 15.9 Å². The van der Waals surface area contributed by atoms with Crippen molar-refractivity contribution in [2.24, 2.45) is 0 Å². The summed E-state index contributed by atoms with van der Waals surface area (Å²) < 4.78 is 32.0. The third kappa shape index (κ3) is 5.28. The van der Waals surface area contributed by atoms with Gasteiger partial charge < -0.3 is 15.2 Å². The highest BCUT2D eigenvalue weighted by Gasteiger charge is 2.22. The summed E-state index contributed by atoms with van der Waals surface area (Å²) in [7, 11) is -2.79. The number of aliphatic hydroxyl groups is 1. The third-order valence-corrected chi connectivity index (χ3v) is 5.03. The summed E-state index contributed by atoms with van der Waals surface area (Å²) in [5, 5.41) is 11.5. The summed E-state index contributed by atoms with van der Waals surface area (Å²) in [6, 6.07) is 10.9. The second-order valence-electron chi connectivity index (χ2n) is 5.73. The number of aryl methyl sites for hydroxylation is 1. The maximum Gasteiger partial charge on any atom is 0.330 e. The molecule has 0 heterocycles. The first kappa shape index (κ1) is 20.4. The van der Waals surface area contributed by atoms with Gasteiger partial charge in [0.15, 0.2) is 6.04 Å². The molecule has 0 saturated carbocycles. The Kier molecular flexibility index (Phi) is 6.54. The van der Waals surface area contributed by atoms with E-state index in [0.717, 1.165) is 12.7 Å². The molecule has 0 aliphatic carbocycles. The first-order valence-electron chi connectivity index (χ1n) is 7.96. The average Bonchev–Trinajstić information content (AvgIpc) is 2.65. The molecular formula is C18H20N2O6S. The maximum absolute atomic E-state index is 12.6. The van der Waals surface area contributed by atoms with Crippen molar-refractivity contribution in [3.05, 3.63) is 59.7 Å². The number of esters is 1. The number of ether oxygens (including phenoxy) is 1. The minimum Gasteiger partial charge on any atom is -0.467 e. The Hall–Kier alpha value is -2.91. The van der Waals surface area contributed by atoms with Gasteiger partial charge in [-0.3, -0.25) is 9.52 Å². The lowest BCUT2D eigenvalue weighted by molar-refractivity contribution is -0.143. The summed E-state index contributed by atoms with van der Waals surface area (Å²) in [6.07, 6.45) is 0. The topological polar surface area (TPSA) is 122 Å². The fraction of sp³-hybridized carbons (Fsp3) is 0.222. The van der Waals surface area contributed by atoms with Crippen LogP contribution >= 0.6 is 0 Å². The molecule has 0 unspecified atom stereocenters. The van der Waals surface area contributed by atoms with Gasteiger partial charge in [-0.05, 0) is 42.8 Å². The number of nitrogens with one attached hydrogen (secondary N) is 2. The van der Waals surface area contributed by atoms with Crippen molar-refractivity contribution < 1.29 is 27.9 Å². The van der Waals surface area contributed by atoms with E-state index in [1.54, 1.807) is 18.2 Å². The van der Waals surface area contributed by atoms with Crippen LogP contribution in [0.15, 0.2) is 53.4 Å². The lowest BCUT2D eigenvalue weighted by atomic mass is 10.2. The first-order valence-corrected chi connectivity index (χ1v) is 9.44. The van der Waals surface area contributed by atoms with E-state index in [1.807, 2.05) is 13.0 Å². The lowest BCUT2D eigenvalue weighted by Gasteiger charge is -2.14. The Morgan fingerprint density at radius 2 is 1.85 bits per heavy atom. The number of hydrogen-bond donors (Lipinski definition) is 3. The zero-order valence-corrected chi connectivity index (χ0v) is 15.6. The van der Waals surface area contributed by atoms with Crippen LogP contribution in [0.1, 0.15) is 15.9 Å². The lowest BCUT2D eigenvalue weighted by Crippen LogP contribution is -2.44. The molecule has 0 saturated heterocycles. The van der Waals surface area contributed by atoms with Crippen molar-refractivity contribution in [2.45, 2.75) is 17.9 Å². The van der Waals surface area contributed by atoms with Gasteiger partial charge >= 0.3 is 5.97 Å². The minimum absolute atomic E-state index is 0.0180. The maximum atomic E-state index is 12.6. The van der Waals surface area contributed by atoms with Crippen molar-refractivity contribution >= 4 is 27.6 Å². The van der Waals surface area contributed by atoms with Gasteiger partial charge in [0.05, 0.1) is 18.6 Å². The highest BCUT2D eigenvalue weighted by molar-refractivity contribution is 7.92. The standard InChI is InChI=1S/C18H20N2O6S/c1-12-5-3-7-14(9-12)20-27(24,25)15-8-4-6-13(10-15)17(22)19-16(11-21)18(23)26-2/h3-10,16,20-21H,11H2,1-2H3,(H,19,22)/t16-/m0/s1. The van der Waals surface area contributed by atoms with Crippen molar-refractivity contribution in [1.29, 1.82) is 0 Å². The molecule has 0 radical (unpaired) electrons. The zero-order chi connectivity index (χ0) is 20.0. The van der Waals surface area contributed by atoms with Gasteiger partial charge in [-0.25, -0.2) is 13.2 Å². The number of carbonyl (C=O) groups is 2. The van der Waals surface area contributed by atoms with E-state index >= 15 is 0 Å². The second-order valence-corrected chi connectivity index (χ2v) is 7.42. The molecule has 2 aromatic carbocycles. The monoisotopic (exact) mass is 392 g/mol. The molecule has 0 fully saturated rings. The molecule has 2 rings (SSSR count). The van der Waals surface area contributed by atoms with Crippen LogP contribution in [-0.4, -0.2) is 45.2 Å². The summed E-state index contributed by atoms with van der Waals surface area (Å²) >= 11 is 0. The number of amides is 1. The van der Waals surface area contributed by atoms with Gasteiger partial charge in [-0.1, -0.05) is 18.2 Å². The van der Waals surface area contributed by atoms with E-state index in [-0.39, 0.29) is 10.5 Å². The fourth-order valence-corrected chi connectivity index (χ4v) is 3.39. The van der Waals surface area contributed by atoms with Crippen LogP contribution in [0.25, 0.3) is 0 Å². The zero-order valence-electron chi connectivity index (χ0n) is 14.8. The Labute approximate surface area is 157 Å². The Morgan fingerprint density at radius 1 is 1.15 bits per heavy atom. The van der Waals surface area contributed by atoms with E-state index in [9.17, 15) is 23.1 Å². The molecule has 8 nitrogen and oxygen atoms in total. The van der Waals surface area contributed by atoms with Crippen LogP contribution in [0.2, 0.25) is 0 Å². The van der Waals surface area contributed by atoms with Crippen LogP contribution in [0.3, 0.4) is 0 Å². The summed E-state index contributed by atoms with van der Waals surface area (Å²) in [5.41, 5.74) is 1.31. The number of hydrogen-bond acceptors (Lipinski definition) is 6. The molecule has 27 heavy (non-hydrogen) atoms. The molecule has 0 spiro atoms. The quantitative estimate of drug-likeness (QED) is 0.606. The molecule has 9 heteroatoms. The molecule has 0 aromatic heterocycles. The molecular weight excluding hydrogens is 372 g/mol. The molecule has 0 bridgehead atoms. The summed E-state index contributed by atoms with van der Waals surface area (Å²) in [4.78, 5) is 23.6. The van der Waals surface area contributed by atoms with Gasteiger partial charge in [-0.2, -0.15) is 0 Å². The molecule has 0 aliphatic rings. The van der Waals surface area contributed by atoms with E-state index in [2.05, 4.69) is 14.8 Å². The van der Waals surface area contributed by atoms with Crippen LogP contribution in [-0.2, 0) is 19.6 Å². The Balaban J connectivity index is 2.23. The van der Waals surface area contributed by atoms with Crippen LogP contribution < -0.4 is 10.0 Å². The predicted octanol–water partition coefficient (Wildman–Crippen LogP) is 1.06. The predicted molar refractivity (Wildman–Crippen MR) is 98.8 cm³/mol. The third-order valence-electron chi connectivity index (χ3n) is 3.65. The van der Waals surface area contributed by atoms with E-state index in [4.69, 9.17) is 0 Å². The summed E-state index contributed by atoms with van der Waals surface area (Å²) in [6.45, 7) is 1.19. The van der Waals surface area contributed by atoms with Crippen molar-refractivity contribution in [3.63, 3.8) is 0 Å². The highest BCUT2D eigenvalue weighted by atomic mass is 32.2. The number of sulfonamides is 1. The van der Waals surface area contributed by atoms with Crippen LogP contribution in [0, 0.1) is 6.92 Å². The smallest absolute Gasteiger partial charge is 0.330 e. The number of anilines is 1. The number of methoxy groups -OCH3 is 1. The molecule has 144 valence electrons. The molecule has 1 atom stereocenters. The van der Waals surface area contributed by atoms with Crippen LogP contribution in [0.5, 0.6) is 0 Å². The molecule has 3 N–H and O–H groups in total. The van der Waals surface area contributed by atoms with E-state index < -0.39 is 34.5 Å². The average molecular weight is 392 g/mol.